The number of nitrogens with one attached hydrogen (secondary N) is 1. The Morgan fingerprint density at radius 3 is 1.52 bits per heavy atom. The van der Waals surface area contributed by atoms with Crippen LogP contribution in [0.1, 0.15) is 136 Å². The van der Waals surface area contributed by atoms with Gasteiger partial charge in [0.25, 0.3) is 5.69 Å². The van der Waals surface area contributed by atoms with E-state index in [1.165, 1.54) is 34.4 Å². The minimum absolute atomic E-state index is 0. The van der Waals surface area contributed by atoms with Gasteiger partial charge in [-0.3, -0.25) is 34.1 Å². The van der Waals surface area contributed by atoms with Crippen LogP contribution in [0.5, 0.6) is 0 Å². The minimum atomic E-state index is -1.67. The first-order chi connectivity index (χ1) is 39.8. The number of esters is 1. The number of nitro groups is 1. The smallest absolute Gasteiger partial charge is 1.00 e. The number of carbonyl (C=O) groups is 5. The molecule has 0 spiro atoms. The Morgan fingerprint density at radius 1 is 0.667 bits per heavy atom. The number of aryl methyl sites for hydroxylation is 5. The normalized spacial score (nSPS) is 12.4. The third-order valence-corrected chi connectivity index (χ3v) is 13.7. The van der Waals surface area contributed by atoms with E-state index < -0.39 is 20.1 Å². The Hall–Kier alpha value is -4.62. The summed E-state index contributed by atoms with van der Waals surface area (Å²) in [6.07, 6.45) is 11.6. The number of amides is 3. The molecule has 0 unspecified atom stereocenters. The molecule has 3 heterocycles. The third-order valence-electron chi connectivity index (χ3n) is 13.2. The van der Waals surface area contributed by atoms with Crippen molar-refractivity contribution in [1.29, 1.82) is 0 Å². The zero-order valence-electron chi connectivity index (χ0n) is 52.8. The van der Waals surface area contributed by atoms with Gasteiger partial charge in [0.05, 0.1) is 17.2 Å². The molecule has 3 amide bonds. The summed E-state index contributed by atoms with van der Waals surface area (Å²) in [5.41, 5.74) is 22.9. The quantitative estimate of drug-likeness (QED) is 0.00994. The van der Waals surface area contributed by atoms with Gasteiger partial charge in [-0.2, -0.15) is 0 Å². The molecule has 3 aliphatic heterocycles. The van der Waals surface area contributed by atoms with Gasteiger partial charge in [-0.25, -0.2) is 4.21 Å². The Bertz CT molecular complexity index is 2880. The van der Waals surface area contributed by atoms with Crippen LogP contribution in [0.15, 0.2) is 109 Å². The van der Waals surface area contributed by atoms with E-state index in [2.05, 4.69) is 93.2 Å². The molecule has 19 nitrogen and oxygen atoms in total. The van der Waals surface area contributed by atoms with Crippen molar-refractivity contribution in [3.63, 3.8) is 0 Å². The van der Waals surface area contributed by atoms with Gasteiger partial charge in [0.1, 0.15) is 0 Å². The number of anilines is 6. The molecule has 0 aliphatic carbocycles. The number of rotatable bonds is 18. The number of carbonyl (C=O) groups excluding carboxylic acids is 4. The van der Waals surface area contributed by atoms with Crippen LogP contribution < -0.4 is 90.6 Å². The number of hydrogen-bond acceptors (Lipinski definition) is 13. The molecule has 0 saturated carbocycles. The van der Waals surface area contributed by atoms with Crippen LogP contribution in [0.4, 0.5) is 39.8 Å². The monoisotopic (exact) mass is 1350 g/mol. The molecule has 3 aliphatic rings. The molecule has 474 valence electrons. The summed E-state index contributed by atoms with van der Waals surface area (Å²) in [5, 5.41) is 23.4. The van der Waals surface area contributed by atoms with Crippen LogP contribution in [0.3, 0.4) is 0 Å². The van der Waals surface area contributed by atoms with E-state index in [0.29, 0.717) is 57.5 Å². The minimum Gasteiger partial charge on any atom is -1.00 e. The predicted octanol–water partition coefficient (Wildman–Crippen LogP) is 7.11. The number of carboxylic acids is 1. The summed E-state index contributed by atoms with van der Waals surface area (Å²) in [6.45, 7) is 15.8. The molecule has 0 bridgehead atoms. The van der Waals surface area contributed by atoms with Crippen molar-refractivity contribution in [3.8, 4) is 0 Å². The van der Waals surface area contributed by atoms with Gasteiger partial charge in [-0.15, -0.1) is 0 Å². The van der Waals surface area contributed by atoms with E-state index in [1.807, 2.05) is 96.4 Å². The van der Waals surface area contributed by atoms with Crippen LogP contribution in [0, 0.1) is 10.1 Å². The van der Waals surface area contributed by atoms with Crippen molar-refractivity contribution in [2.75, 3.05) is 69.6 Å². The van der Waals surface area contributed by atoms with Crippen LogP contribution in [0.2, 0.25) is 0 Å². The summed E-state index contributed by atoms with van der Waals surface area (Å²) < 4.78 is 13.8. The van der Waals surface area contributed by atoms with E-state index in [-0.39, 0.29) is 109 Å². The van der Waals surface area contributed by atoms with Gasteiger partial charge in [0.15, 0.2) is 0 Å². The van der Waals surface area contributed by atoms with E-state index in [4.69, 9.17) is 20.8 Å². The van der Waals surface area contributed by atoms with Crippen molar-refractivity contribution in [3.05, 3.63) is 147 Å². The average molecular weight is 1350 g/mol. The molecule has 5 aromatic rings. The van der Waals surface area contributed by atoms with E-state index in [1.54, 1.807) is 11.0 Å². The van der Waals surface area contributed by atoms with E-state index in [9.17, 15) is 34.1 Å². The van der Waals surface area contributed by atoms with Gasteiger partial charge in [-0.1, -0.05) is 117 Å². The Kier molecular flexibility index (Phi) is 49.9. The number of carboxylic acid groups (broad SMARTS) is 1. The topological polar surface area (TPSA) is 310 Å². The molecule has 25 heteroatoms. The Morgan fingerprint density at radius 2 is 1.09 bits per heavy atom. The fourth-order valence-electron chi connectivity index (χ4n) is 8.89. The molecule has 87 heavy (non-hydrogen) atoms. The van der Waals surface area contributed by atoms with Gasteiger partial charge in [-0.05, 0) is 129 Å². The fraction of sp³-hybridized carbons (Fsp3) is 0.435. The fourth-order valence-corrected chi connectivity index (χ4v) is 9.17. The number of nitro benzene ring substituents is 1. The van der Waals surface area contributed by atoms with E-state index in [0.717, 1.165) is 110 Å². The number of aliphatic carboxylic acids is 1. The number of hydrogen-bond donors (Lipinski definition) is 4. The first-order valence-corrected chi connectivity index (χ1v) is 32.2. The number of nitrogens with zero attached hydrogens (tertiary/aromatic N) is 4. The van der Waals surface area contributed by atoms with Crippen LogP contribution >= 0.6 is 37.3 Å². The molecule has 0 atom stereocenters. The Labute approximate surface area is 581 Å². The first-order valence-electron chi connectivity index (χ1n) is 28.3. The van der Waals surface area contributed by atoms with Crippen molar-refractivity contribution in [2.45, 2.75) is 138 Å². The number of alkyl halides is 1. The summed E-state index contributed by atoms with van der Waals surface area (Å²) in [6, 6.07) is 34.8. The molecule has 9 N–H and O–H groups in total. The molecule has 3 fully saturated rings. The molecule has 0 radical (unpaired) electrons. The molecule has 5 aromatic carbocycles. The van der Waals surface area contributed by atoms with Crippen LogP contribution in [-0.4, -0.2) is 93.0 Å². The molecular formula is C62H90BrCl2N7Na2O12S. The predicted molar refractivity (Wildman–Crippen MR) is 353 cm³/mol. The number of nitrogen functional groups attached to an aromatic ring is 2. The molecule has 3 saturated heterocycles. The van der Waals surface area contributed by atoms with Crippen LogP contribution in [0.25, 0.3) is 0 Å². The second-order valence-corrected chi connectivity index (χ2v) is 22.2. The van der Waals surface area contributed by atoms with Gasteiger partial charge in [0, 0.05) is 127 Å². The van der Waals surface area contributed by atoms with Crippen molar-refractivity contribution in [2.24, 2.45) is 0 Å². The summed E-state index contributed by atoms with van der Waals surface area (Å²) in [4.78, 5) is 71.5. The van der Waals surface area contributed by atoms with Crippen LogP contribution in [-0.2, 0) is 70.0 Å². The Balaban J connectivity index is -0.000000313. The molecule has 0 aromatic heterocycles. The maximum Gasteiger partial charge on any atom is 1.00 e. The summed E-state index contributed by atoms with van der Waals surface area (Å²) >= 11 is 3.22. The van der Waals surface area contributed by atoms with Gasteiger partial charge >= 0.3 is 71.1 Å². The SMILES string of the molecule is CCOC(=O)CCCBr.CCc1ccc(N)cc1N1CCCC1=O.CCc1ccc([N+](=O)[O-])cc1N1CCCC1=O.CCc1ccccc1N.CCc1ccccc1N1CCCC1=O.CCc1ccccc1NCCCC(=O)O.O.O=S(Cl)Cl.[H-].[HH].[Na+].[Na+].[OH-]. The maximum absolute atomic E-state index is 11.7. The summed E-state index contributed by atoms with van der Waals surface area (Å²) in [5.74, 6) is -0.293. The number of ether oxygens (including phenoxy) is 1. The van der Waals surface area contributed by atoms with Gasteiger partial charge in [0.2, 0.25) is 26.9 Å². The summed E-state index contributed by atoms with van der Waals surface area (Å²) in [7, 11) is 7.36. The largest absolute Gasteiger partial charge is 1.00 e. The molecule has 8 rings (SSSR count). The maximum atomic E-state index is 11.7. The van der Waals surface area contributed by atoms with Crippen molar-refractivity contribution in [1.82, 2.24) is 0 Å². The zero-order chi connectivity index (χ0) is 61.7. The first kappa shape index (κ1) is 86.6. The zero-order valence-corrected chi connectivity index (χ0v) is 59.7. The van der Waals surface area contributed by atoms with Gasteiger partial charge < -0.3 is 53.7 Å². The average Bonchev–Trinajstić information content (AvgIpc) is 3.34. The van der Waals surface area contributed by atoms with Crippen molar-refractivity contribution >= 4 is 116 Å². The number of nitrogens with two attached hydrogens (primary N) is 2. The number of benzene rings is 5. The number of halogens is 3. The second kappa shape index (κ2) is 50.2. The standard InChI is InChI=1S/C12H14N2O3.C12H16N2O.C12H17NO2.C12H15NO.C8H11N.C6H11BrO2.Cl2OS.2Na.2H2O.H2.H/c1-2-9-5-6-10(14(16)17)8-11(9)13-7-3-4-12(13)15;1-2-9-5-6-10(13)8-11(9)14-7-3-4-12(14)15;1-2-10-6-3-4-7-11(10)13-9-5-8-12(14)15;1-2-10-6-3-4-7-11(10)13-9-5-8-12(13)14;1-2-7-5-3-4-6-8(7)9;1-2-9-6(8)4-3-5-7;1-4(2)3;;;;;;/h5-6,8H,2-4,7H2,1H3;5-6,8H,2-4,7,13H2,1H3;3-4,6-7,13H,2,5,8-9H2,1H3,(H,14,15);3-4,6-7H,2,5,8-9H2,1H3;3-6H,2,9H2,1H3;2-5H2,1H3;;;;2*1H2;1H;/q;;;;;;;2*+1;;;;-1/p-1. The number of para-hydroxylation sites is 3. The molecular weight excluding hydrogens is 1260 g/mol. The second-order valence-electron chi connectivity index (χ2n) is 18.9. The number of non-ortho nitro benzene ring substituents is 1. The van der Waals surface area contributed by atoms with E-state index >= 15 is 0 Å². The third kappa shape index (κ3) is 33.1. The van der Waals surface area contributed by atoms with Crippen molar-refractivity contribution < 1.29 is 116 Å².